The summed E-state index contributed by atoms with van der Waals surface area (Å²) < 4.78 is 1.57. The van der Waals surface area contributed by atoms with Gasteiger partial charge in [0.1, 0.15) is 12.1 Å². The Labute approximate surface area is 131 Å². The van der Waals surface area contributed by atoms with Crippen molar-refractivity contribution in [3.63, 3.8) is 0 Å². The van der Waals surface area contributed by atoms with E-state index in [2.05, 4.69) is 10.1 Å². The number of aromatic nitrogens is 2. The van der Waals surface area contributed by atoms with E-state index in [0.29, 0.717) is 0 Å². The first-order valence-corrected chi connectivity index (χ1v) is 6.92. The Morgan fingerprint density at radius 2 is 2.00 bits per heavy atom. The second-order valence-corrected chi connectivity index (χ2v) is 5.26. The molecule has 0 bridgehead atoms. The fourth-order valence-corrected chi connectivity index (χ4v) is 2.23. The van der Waals surface area contributed by atoms with Crippen LogP contribution in [0.15, 0.2) is 41.8 Å². The lowest BCUT2D eigenvalue weighted by Crippen LogP contribution is -1.93. The summed E-state index contributed by atoms with van der Waals surface area (Å²) in [7, 11) is 0. The van der Waals surface area contributed by atoms with Gasteiger partial charge in [-0.1, -0.05) is 0 Å². The molecule has 116 valence electrons. The number of aromatic hydroxyl groups is 1. The normalized spacial score (nSPS) is 11.4. The second-order valence-electron chi connectivity index (χ2n) is 5.26. The molecule has 1 aromatic heterocycles. The predicted octanol–water partition coefficient (Wildman–Crippen LogP) is 3.15. The largest absolute Gasteiger partial charge is 0.507 e. The molecule has 0 saturated carbocycles. The Morgan fingerprint density at radius 1 is 1.26 bits per heavy atom. The van der Waals surface area contributed by atoms with Crippen molar-refractivity contribution in [3.05, 3.63) is 63.5 Å². The van der Waals surface area contributed by atoms with E-state index >= 15 is 0 Å². The van der Waals surface area contributed by atoms with E-state index in [1.165, 1.54) is 24.4 Å². The van der Waals surface area contributed by atoms with Gasteiger partial charge in [-0.3, -0.25) is 10.1 Å². The summed E-state index contributed by atoms with van der Waals surface area (Å²) in [4.78, 5) is 14.6. The summed E-state index contributed by atoms with van der Waals surface area (Å²) >= 11 is 0. The van der Waals surface area contributed by atoms with Gasteiger partial charge in [-0.05, 0) is 43.2 Å². The Morgan fingerprint density at radius 3 is 2.74 bits per heavy atom. The maximum Gasteiger partial charge on any atom is 0.270 e. The van der Waals surface area contributed by atoms with E-state index in [4.69, 9.17) is 0 Å². The monoisotopic (exact) mass is 310 g/mol. The predicted molar refractivity (Wildman–Crippen MR) is 87.0 cm³/mol. The highest BCUT2D eigenvalue weighted by molar-refractivity contribution is 5.85. The number of rotatable bonds is 3. The van der Waals surface area contributed by atoms with Gasteiger partial charge in [-0.2, -0.15) is 5.10 Å². The molecule has 0 amide bonds. The zero-order valence-corrected chi connectivity index (χ0v) is 12.6. The summed E-state index contributed by atoms with van der Waals surface area (Å²) in [5.74, 6) is -0.0733. The van der Waals surface area contributed by atoms with Gasteiger partial charge in [0.2, 0.25) is 0 Å². The van der Waals surface area contributed by atoms with Crippen molar-refractivity contribution in [1.29, 1.82) is 0 Å². The van der Waals surface area contributed by atoms with Gasteiger partial charge in [-0.15, -0.1) is 0 Å². The highest BCUT2D eigenvalue weighted by Crippen LogP contribution is 2.22. The number of imidazole rings is 1. The van der Waals surface area contributed by atoms with Crippen molar-refractivity contribution in [2.24, 2.45) is 5.10 Å². The van der Waals surface area contributed by atoms with E-state index in [9.17, 15) is 15.2 Å². The first-order valence-electron chi connectivity index (χ1n) is 6.92. The van der Waals surface area contributed by atoms with Crippen LogP contribution in [0, 0.1) is 24.0 Å². The third-order valence-electron chi connectivity index (χ3n) is 3.69. The first kappa shape index (κ1) is 14.7. The number of hydrogen-bond donors (Lipinski definition) is 1. The van der Waals surface area contributed by atoms with Crippen LogP contribution >= 0.6 is 0 Å². The lowest BCUT2D eigenvalue weighted by atomic mass is 10.1. The SMILES string of the molecule is Cc1cc2ncn(/N=C/c3cc([N+](=O)[O-])ccc3O)c2cc1C. The van der Waals surface area contributed by atoms with Gasteiger partial charge < -0.3 is 5.11 Å². The van der Waals surface area contributed by atoms with Crippen molar-refractivity contribution >= 4 is 22.9 Å². The van der Waals surface area contributed by atoms with Crippen LogP contribution < -0.4 is 0 Å². The Hall–Kier alpha value is -3.22. The molecule has 0 unspecified atom stereocenters. The molecule has 7 nitrogen and oxygen atoms in total. The number of nitro benzene ring substituents is 1. The Bertz CT molecular complexity index is 944. The van der Waals surface area contributed by atoms with Crippen LogP contribution in [0.1, 0.15) is 16.7 Å². The first-order chi connectivity index (χ1) is 11.0. The quantitative estimate of drug-likeness (QED) is 0.457. The summed E-state index contributed by atoms with van der Waals surface area (Å²) in [6, 6.07) is 7.74. The molecule has 1 N–H and O–H groups in total. The zero-order valence-electron chi connectivity index (χ0n) is 12.6. The van der Waals surface area contributed by atoms with E-state index in [0.717, 1.165) is 22.2 Å². The number of non-ortho nitro benzene ring substituents is 1. The average molecular weight is 310 g/mol. The molecule has 0 aliphatic heterocycles. The van der Waals surface area contributed by atoms with Crippen molar-refractivity contribution in [2.45, 2.75) is 13.8 Å². The van der Waals surface area contributed by atoms with Gasteiger partial charge in [0, 0.05) is 17.7 Å². The summed E-state index contributed by atoms with van der Waals surface area (Å²) in [5.41, 5.74) is 4.06. The maximum atomic E-state index is 10.8. The fraction of sp³-hybridized carbons (Fsp3) is 0.125. The molecule has 0 atom stereocenters. The number of hydrogen-bond acceptors (Lipinski definition) is 5. The van der Waals surface area contributed by atoms with Crippen LogP contribution in [0.25, 0.3) is 11.0 Å². The molecule has 23 heavy (non-hydrogen) atoms. The third kappa shape index (κ3) is 2.76. The molecule has 0 aliphatic carbocycles. The number of nitrogens with zero attached hydrogens (tertiary/aromatic N) is 4. The Balaban J connectivity index is 2.02. The van der Waals surface area contributed by atoms with Gasteiger partial charge in [0.05, 0.1) is 22.2 Å². The molecular formula is C16H14N4O3. The maximum absolute atomic E-state index is 10.8. The summed E-state index contributed by atoms with van der Waals surface area (Å²) in [6.07, 6.45) is 2.94. The highest BCUT2D eigenvalue weighted by atomic mass is 16.6. The molecule has 2 aromatic carbocycles. The molecule has 0 aliphatic rings. The molecule has 0 saturated heterocycles. The third-order valence-corrected chi connectivity index (χ3v) is 3.69. The number of aryl methyl sites for hydroxylation is 2. The second kappa shape index (κ2) is 5.53. The van der Waals surface area contributed by atoms with Gasteiger partial charge in [-0.25, -0.2) is 9.66 Å². The zero-order chi connectivity index (χ0) is 16.6. The minimum Gasteiger partial charge on any atom is -0.507 e. The molecule has 0 fully saturated rings. The molecule has 3 rings (SSSR count). The van der Waals surface area contributed by atoms with Crippen LogP contribution in [0.2, 0.25) is 0 Å². The molecule has 0 radical (unpaired) electrons. The molecule has 7 heteroatoms. The lowest BCUT2D eigenvalue weighted by Gasteiger charge is -2.02. The van der Waals surface area contributed by atoms with Crippen LogP contribution in [-0.4, -0.2) is 25.9 Å². The fourth-order valence-electron chi connectivity index (χ4n) is 2.23. The molecule has 1 heterocycles. The number of nitro groups is 1. The van der Waals surface area contributed by atoms with Gasteiger partial charge >= 0.3 is 0 Å². The van der Waals surface area contributed by atoms with Gasteiger partial charge in [0.15, 0.2) is 0 Å². The molecule has 3 aromatic rings. The van der Waals surface area contributed by atoms with Crippen molar-refractivity contribution in [2.75, 3.05) is 0 Å². The van der Waals surface area contributed by atoms with Gasteiger partial charge in [0.25, 0.3) is 5.69 Å². The topological polar surface area (TPSA) is 93.5 Å². The smallest absolute Gasteiger partial charge is 0.270 e. The average Bonchev–Trinajstić information content (AvgIpc) is 2.89. The molecular weight excluding hydrogens is 296 g/mol. The van der Waals surface area contributed by atoms with Crippen LogP contribution in [0.3, 0.4) is 0 Å². The Kier molecular flexibility index (Phi) is 3.53. The van der Waals surface area contributed by atoms with E-state index in [1.807, 2.05) is 26.0 Å². The van der Waals surface area contributed by atoms with Crippen molar-refractivity contribution in [3.8, 4) is 5.75 Å². The van der Waals surface area contributed by atoms with Crippen molar-refractivity contribution in [1.82, 2.24) is 9.66 Å². The number of benzene rings is 2. The minimum atomic E-state index is -0.518. The van der Waals surface area contributed by atoms with Crippen LogP contribution in [-0.2, 0) is 0 Å². The van der Waals surface area contributed by atoms with Crippen molar-refractivity contribution < 1.29 is 10.0 Å². The lowest BCUT2D eigenvalue weighted by molar-refractivity contribution is -0.384. The van der Waals surface area contributed by atoms with E-state index < -0.39 is 4.92 Å². The summed E-state index contributed by atoms with van der Waals surface area (Å²) in [5, 5.41) is 24.8. The highest BCUT2D eigenvalue weighted by Gasteiger charge is 2.09. The summed E-state index contributed by atoms with van der Waals surface area (Å²) in [6.45, 7) is 4.01. The standard InChI is InChI=1S/C16H14N4O3/c1-10-5-14-15(6-11(10)2)19(9-17-14)18-8-12-7-13(20(22)23)3-4-16(12)21/h3-9,21H,1-2H3/b18-8+. The van der Waals surface area contributed by atoms with Crippen LogP contribution in [0.4, 0.5) is 5.69 Å². The molecule has 0 spiro atoms. The van der Waals surface area contributed by atoms with E-state index in [1.54, 1.807) is 11.0 Å². The number of phenols is 1. The van der Waals surface area contributed by atoms with Crippen LogP contribution in [0.5, 0.6) is 5.75 Å². The minimum absolute atomic E-state index is 0.0733. The number of fused-ring (bicyclic) bond motifs is 1. The number of phenolic OH excluding ortho intramolecular Hbond substituents is 1. The van der Waals surface area contributed by atoms with E-state index in [-0.39, 0.29) is 17.0 Å².